The van der Waals surface area contributed by atoms with Crippen molar-refractivity contribution in [3.05, 3.63) is 84.2 Å². The molecule has 0 saturated carbocycles. The summed E-state index contributed by atoms with van der Waals surface area (Å²) in [6, 6.07) is 19.1. The van der Waals surface area contributed by atoms with Gasteiger partial charge < -0.3 is 4.74 Å². The number of anilines is 1. The van der Waals surface area contributed by atoms with E-state index in [0.717, 1.165) is 16.8 Å². The Balaban J connectivity index is 1.66. The standard InChI is InChI=1S/C22H20N6O2/c1-15-7-6-8-16(13-15)20-18(14-28(27-20)17-9-4-3-5-10-17)21(29)25-26-22-23-12-11-19(24-22)30-2/h3-14H,1-2H3,(H,25,29)(H,23,24,26). The monoisotopic (exact) mass is 400 g/mol. The van der Waals surface area contributed by atoms with E-state index in [1.54, 1.807) is 16.9 Å². The summed E-state index contributed by atoms with van der Waals surface area (Å²) in [6.45, 7) is 2.00. The molecule has 0 unspecified atom stereocenters. The molecule has 0 spiro atoms. The highest BCUT2D eigenvalue weighted by atomic mass is 16.5. The lowest BCUT2D eigenvalue weighted by Crippen LogP contribution is -2.30. The van der Waals surface area contributed by atoms with Gasteiger partial charge >= 0.3 is 0 Å². The fourth-order valence-electron chi connectivity index (χ4n) is 2.95. The van der Waals surface area contributed by atoms with Crippen LogP contribution in [0.25, 0.3) is 16.9 Å². The van der Waals surface area contributed by atoms with Crippen molar-refractivity contribution in [2.24, 2.45) is 0 Å². The molecule has 8 heteroatoms. The maximum Gasteiger partial charge on any atom is 0.273 e. The Morgan fingerprint density at radius 1 is 1.07 bits per heavy atom. The van der Waals surface area contributed by atoms with Crippen LogP contribution in [0, 0.1) is 6.92 Å². The molecule has 2 aromatic heterocycles. The number of nitrogens with zero attached hydrogens (tertiary/aromatic N) is 4. The Morgan fingerprint density at radius 3 is 2.67 bits per heavy atom. The van der Waals surface area contributed by atoms with Crippen molar-refractivity contribution in [1.82, 2.24) is 25.2 Å². The van der Waals surface area contributed by atoms with E-state index in [1.807, 2.05) is 61.5 Å². The molecule has 0 saturated heterocycles. The molecule has 4 rings (SSSR count). The van der Waals surface area contributed by atoms with Crippen LogP contribution in [0.5, 0.6) is 5.88 Å². The minimum Gasteiger partial charge on any atom is -0.481 e. The molecular formula is C22H20N6O2. The van der Waals surface area contributed by atoms with Crippen molar-refractivity contribution in [3.63, 3.8) is 0 Å². The number of nitrogens with one attached hydrogen (secondary N) is 2. The van der Waals surface area contributed by atoms with Gasteiger partial charge in [0.15, 0.2) is 0 Å². The van der Waals surface area contributed by atoms with Gasteiger partial charge in [-0.3, -0.25) is 15.6 Å². The van der Waals surface area contributed by atoms with E-state index in [0.29, 0.717) is 17.1 Å². The third-order valence-corrected chi connectivity index (χ3v) is 4.40. The van der Waals surface area contributed by atoms with Crippen LogP contribution in [0.2, 0.25) is 0 Å². The molecule has 2 heterocycles. The van der Waals surface area contributed by atoms with Crippen molar-refractivity contribution in [2.45, 2.75) is 6.92 Å². The van der Waals surface area contributed by atoms with Crippen LogP contribution >= 0.6 is 0 Å². The van der Waals surface area contributed by atoms with Gasteiger partial charge in [-0.15, -0.1) is 0 Å². The molecule has 2 N–H and O–H groups in total. The number of carbonyl (C=O) groups excluding carboxylic acids is 1. The molecular weight excluding hydrogens is 380 g/mol. The van der Waals surface area contributed by atoms with Gasteiger partial charge in [-0.25, -0.2) is 9.67 Å². The van der Waals surface area contributed by atoms with Gasteiger partial charge in [0, 0.05) is 24.0 Å². The lowest BCUT2D eigenvalue weighted by atomic mass is 10.1. The van der Waals surface area contributed by atoms with Crippen LogP contribution < -0.4 is 15.6 Å². The number of hydrogen-bond acceptors (Lipinski definition) is 6. The first-order valence-corrected chi connectivity index (χ1v) is 9.29. The van der Waals surface area contributed by atoms with Gasteiger partial charge in [-0.05, 0) is 25.1 Å². The second kappa shape index (κ2) is 8.44. The van der Waals surface area contributed by atoms with Gasteiger partial charge in [0.25, 0.3) is 5.91 Å². The Morgan fingerprint density at radius 2 is 1.90 bits per heavy atom. The highest BCUT2D eigenvalue weighted by molar-refractivity contribution is 6.00. The summed E-state index contributed by atoms with van der Waals surface area (Å²) in [5.41, 5.74) is 9.13. The van der Waals surface area contributed by atoms with Crippen LogP contribution in [0.15, 0.2) is 73.1 Å². The number of rotatable bonds is 6. The fraction of sp³-hybridized carbons (Fsp3) is 0.0909. The predicted molar refractivity (Wildman–Crippen MR) is 113 cm³/mol. The van der Waals surface area contributed by atoms with E-state index in [-0.39, 0.29) is 11.9 Å². The Bertz CT molecular complexity index is 1170. The maximum atomic E-state index is 13.0. The number of aromatic nitrogens is 4. The van der Waals surface area contributed by atoms with Gasteiger partial charge in [-0.1, -0.05) is 42.0 Å². The lowest BCUT2D eigenvalue weighted by Gasteiger charge is -2.08. The second-order valence-corrected chi connectivity index (χ2v) is 6.54. The van der Waals surface area contributed by atoms with Crippen LogP contribution in [0.3, 0.4) is 0 Å². The summed E-state index contributed by atoms with van der Waals surface area (Å²) >= 11 is 0. The summed E-state index contributed by atoms with van der Waals surface area (Å²) in [5.74, 6) is 0.245. The zero-order valence-corrected chi connectivity index (χ0v) is 16.5. The van der Waals surface area contributed by atoms with Crippen molar-refractivity contribution in [1.29, 1.82) is 0 Å². The summed E-state index contributed by atoms with van der Waals surface area (Å²) in [5, 5.41) is 4.67. The van der Waals surface area contributed by atoms with Crippen molar-refractivity contribution in [2.75, 3.05) is 12.5 Å². The van der Waals surface area contributed by atoms with Gasteiger partial charge in [-0.2, -0.15) is 10.1 Å². The number of aryl methyl sites for hydroxylation is 1. The summed E-state index contributed by atoms with van der Waals surface area (Å²) in [6.07, 6.45) is 3.24. The molecule has 0 aliphatic rings. The van der Waals surface area contributed by atoms with E-state index < -0.39 is 0 Å². The number of benzene rings is 2. The number of methoxy groups -OCH3 is 1. The molecule has 0 aliphatic carbocycles. The Labute approximate surface area is 173 Å². The number of carbonyl (C=O) groups is 1. The molecule has 0 bridgehead atoms. The summed E-state index contributed by atoms with van der Waals surface area (Å²) < 4.78 is 6.76. The van der Waals surface area contributed by atoms with E-state index in [2.05, 4.69) is 25.9 Å². The van der Waals surface area contributed by atoms with Crippen LogP contribution in [-0.2, 0) is 0 Å². The molecule has 0 aliphatic heterocycles. The molecule has 1 amide bonds. The Hall–Kier alpha value is -4.20. The summed E-state index contributed by atoms with van der Waals surface area (Å²) in [4.78, 5) is 21.2. The quantitative estimate of drug-likeness (QED) is 0.482. The highest BCUT2D eigenvalue weighted by Gasteiger charge is 2.19. The maximum absolute atomic E-state index is 13.0. The molecule has 0 atom stereocenters. The first-order valence-electron chi connectivity index (χ1n) is 9.29. The minimum atomic E-state index is -0.361. The molecule has 8 nitrogen and oxygen atoms in total. The number of hydrazine groups is 1. The van der Waals surface area contributed by atoms with Gasteiger partial charge in [0.2, 0.25) is 11.8 Å². The van der Waals surface area contributed by atoms with Gasteiger partial charge in [0.1, 0.15) is 5.69 Å². The van der Waals surface area contributed by atoms with Crippen molar-refractivity contribution < 1.29 is 9.53 Å². The number of amides is 1. The average Bonchev–Trinajstić information content (AvgIpc) is 3.24. The largest absolute Gasteiger partial charge is 0.481 e. The fourth-order valence-corrected chi connectivity index (χ4v) is 2.95. The van der Waals surface area contributed by atoms with Crippen molar-refractivity contribution >= 4 is 11.9 Å². The normalized spacial score (nSPS) is 10.5. The molecule has 150 valence electrons. The predicted octanol–water partition coefficient (Wildman–Crippen LogP) is 3.40. The molecule has 0 radical (unpaired) electrons. The molecule has 2 aromatic carbocycles. The number of hydrogen-bond donors (Lipinski definition) is 2. The van der Waals surface area contributed by atoms with Crippen LogP contribution in [0.4, 0.5) is 5.95 Å². The van der Waals surface area contributed by atoms with E-state index >= 15 is 0 Å². The second-order valence-electron chi connectivity index (χ2n) is 6.54. The van der Waals surface area contributed by atoms with E-state index in [9.17, 15) is 4.79 Å². The first kappa shape index (κ1) is 19.1. The molecule has 30 heavy (non-hydrogen) atoms. The minimum absolute atomic E-state index is 0.218. The number of ether oxygens (including phenoxy) is 1. The third kappa shape index (κ3) is 4.12. The smallest absolute Gasteiger partial charge is 0.273 e. The zero-order valence-electron chi connectivity index (χ0n) is 16.5. The Kier molecular flexibility index (Phi) is 5.38. The van der Waals surface area contributed by atoms with Gasteiger partial charge in [0.05, 0.1) is 18.4 Å². The van der Waals surface area contributed by atoms with Crippen molar-refractivity contribution in [3.8, 4) is 22.8 Å². The average molecular weight is 400 g/mol. The van der Waals surface area contributed by atoms with E-state index in [1.165, 1.54) is 13.3 Å². The number of para-hydroxylation sites is 1. The SMILES string of the molecule is COc1ccnc(NNC(=O)c2cn(-c3ccccc3)nc2-c2cccc(C)c2)n1. The molecule has 0 fully saturated rings. The van der Waals surface area contributed by atoms with Crippen LogP contribution in [-0.4, -0.2) is 32.8 Å². The third-order valence-electron chi connectivity index (χ3n) is 4.40. The highest BCUT2D eigenvalue weighted by Crippen LogP contribution is 2.24. The first-order chi connectivity index (χ1) is 14.6. The zero-order chi connectivity index (χ0) is 20.9. The molecule has 4 aromatic rings. The van der Waals surface area contributed by atoms with Crippen LogP contribution in [0.1, 0.15) is 15.9 Å². The topological polar surface area (TPSA) is 94.0 Å². The lowest BCUT2D eigenvalue weighted by molar-refractivity contribution is 0.0963. The van der Waals surface area contributed by atoms with E-state index in [4.69, 9.17) is 4.74 Å². The summed E-state index contributed by atoms with van der Waals surface area (Å²) in [7, 11) is 1.51.